The first-order valence-corrected chi connectivity index (χ1v) is 11.2. The van der Waals surface area contributed by atoms with Gasteiger partial charge in [0.15, 0.2) is 5.96 Å². The van der Waals surface area contributed by atoms with Crippen LogP contribution in [-0.4, -0.2) is 41.5 Å². The molecule has 1 unspecified atom stereocenters. The van der Waals surface area contributed by atoms with Gasteiger partial charge in [-0.3, -0.25) is 9.67 Å². The van der Waals surface area contributed by atoms with Gasteiger partial charge >= 0.3 is 0 Å². The number of halogens is 1. The van der Waals surface area contributed by atoms with Gasteiger partial charge in [-0.2, -0.15) is 5.10 Å². The maximum atomic E-state index is 6.05. The van der Waals surface area contributed by atoms with Gasteiger partial charge in [-0.15, -0.1) is 24.0 Å². The van der Waals surface area contributed by atoms with E-state index in [0.29, 0.717) is 6.10 Å². The largest absolute Gasteiger partial charge is 0.490 e. The molecule has 2 N–H and O–H groups in total. The summed E-state index contributed by atoms with van der Waals surface area (Å²) in [6.45, 7) is 7.22. The maximum Gasteiger partial charge on any atom is 0.191 e. The SMILES string of the molecule is CN=C(NCCc1ccc(OC2CCCC2)cc1)NC(C)Cc1c(C)nn(C)c1C.I. The van der Waals surface area contributed by atoms with E-state index in [-0.39, 0.29) is 30.0 Å². The zero-order valence-corrected chi connectivity index (χ0v) is 21.9. The average molecular weight is 540 g/mol. The Labute approximate surface area is 204 Å². The van der Waals surface area contributed by atoms with Gasteiger partial charge in [0.25, 0.3) is 0 Å². The van der Waals surface area contributed by atoms with E-state index in [4.69, 9.17) is 4.74 Å². The van der Waals surface area contributed by atoms with Crippen LogP contribution < -0.4 is 15.4 Å². The van der Waals surface area contributed by atoms with E-state index in [1.54, 1.807) is 0 Å². The van der Waals surface area contributed by atoms with Crippen LogP contribution in [0.15, 0.2) is 29.3 Å². The molecule has 0 aliphatic heterocycles. The predicted molar refractivity (Wildman–Crippen MR) is 139 cm³/mol. The summed E-state index contributed by atoms with van der Waals surface area (Å²) in [5.74, 6) is 1.83. The van der Waals surface area contributed by atoms with Gasteiger partial charge in [-0.1, -0.05) is 12.1 Å². The highest BCUT2D eigenvalue weighted by molar-refractivity contribution is 14.0. The third-order valence-electron chi connectivity index (χ3n) is 6.01. The van der Waals surface area contributed by atoms with E-state index in [1.807, 2.05) is 18.8 Å². The normalized spacial score (nSPS) is 15.5. The van der Waals surface area contributed by atoms with Crippen LogP contribution in [0.3, 0.4) is 0 Å². The highest BCUT2D eigenvalue weighted by Crippen LogP contribution is 2.24. The molecule has 172 valence electrons. The number of hydrogen-bond donors (Lipinski definition) is 2. The molecule has 7 heteroatoms. The minimum absolute atomic E-state index is 0. The molecule has 31 heavy (non-hydrogen) atoms. The van der Waals surface area contributed by atoms with Crippen LogP contribution in [0, 0.1) is 13.8 Å². The average Bonchev–Trinajstić information content (AvgIpc) is 3.32. The molecular weight excluding hydrogens is 501 g/mol. The Morgan fingerprint density at radius 3 is 2.48 bits per heavy atom. The van der Waals surface area contributed by atoms with Gasteiger partial charge < -0.3 is 15.4 Å². The van der Waals surface area contributed by atoms with Crippen LogP contribution in [0.2, 0.25) is 0 Å². The van der Waals surface area contributed by atoms with E-state index in [2.05, 4.69) is 65.8 Å². The summed E-state index contributed by atoms with van der Waals surface area (Å²) in [6, 6.07) is 8.80. The van der Waals surface area contributed by atoms with Crippen molar-refractivity contribution in [2.24, 2.45) is 12.0 Å². The van der Waals surface area contributed by atoms with Crippen molar-refractivity contribution in [2.45, 2.75) is 71.4 Å². The fourth-order valence-electron chi connectivity index (χ4n) is 4.16. The zero-order valence-electron chi connectivity index (χ0n) is 19.6. The molecule has 1 atom stereocenters. The molecule has 0 radical (unpaired) electrons. The molecule has 1 aliphatic carbocycles. The number of aliphatic imine (C=N–C) groups is 1. The van der Waals surface area contributed by atoms with Crippen LogP contribution in [0.5, 0.6) is 5.75 Å². The number of aryl methyl sites for hydroxylation is 2. The van der Waals surface area contributed by atoms with E-state index in [1.165, 1.54) is 42.5 Å². The molecule has 1 aliphatic rings. The first kappa shape index (κ1) is 25.5. The van der Waals surface area contributed by atoms with Gasteiger partial charge in [-0.05, 0) is 82.6 Å². The van der Waals surface area contributed by atoms with Crippen molar-refractivity contribution < 1.29 is 4.74 Å². The van der Waals surface area contributed by atoms with Crippen LogP contribution >= 0.6 is 24.0 Å². The Bertz CT molecular complexity index is 840. The summed E-state index contributed by atoms with van der Waals surface area (Å²) in [5, 5.41) is 11.4. The van der Waals surface area contributed by atoms with Gasteiger partial charge in [0.05, 0.1) is 11.8 Å². The molecule has 3 rings (SSSR count). The number of hydrogen-bond acceptors (Lipinski definition) is 3. The summed E-state index contributed by atoms with van der Waals surface area (Å²) >= 11 is 0. The minimum atomic E-state index is 0. The van der Waals surface area contributed by atoms with Gasteiger partial charge in [0, 0.05) is 32.4 Å². The lowest BCUT2D eigenvalue weighted by atomic mass is 10.1. The zero-order chi connectivity index (χ0) is 21.5. The molecule has 6 nitrogen and oxygen atoms in total. The molecule has 0 saturated heterocycles. The fourth-order valence-corrected chi connectivity index (χ4v) is 4.16. The second kappa shape index (κ2) is 12.3. The van der Waals surface area contributed by atoms with Crippen LogP contribution in [0.4, 0.5) is 0 Å². The number of ether oxygens (including phenoxy) is 1. The Hall–Kier alpha value is -1.77. The van der Waals surface area contributed by atoms with E-state index in [0.717, 1.165) is 36.8 Å². The Kier molecular flexibility index (Phi) is 10.1. The molecule has 0 amide bonds. The van der Waals surface area contributed by atoms with E-state index >= 15 is 0 Å². The van der Waals surface area contributed by atoms with Crippen molar-refractivity contribution in [3.8, 4) is 5.75 Å². The molecule has 0 spiro atoms. The van der Waals surface area contributed by atoms with Crippen LogP contribution in [0.25, 0.3) is 0 Å². The number of benzene rings is 1. The highest BCUT2D eigenvalue weighted by atomic mass is 127. The molecule has 2 aromatic rings. The van der Waals surface area contributed by atoms with Crippen molar-refractivity contribution in [2.75, 3.05) is 13.6 Å². The Morgan fingerprint density at radius 2 is 1.90 bits per heavy atom. The Balaban J connectivity index is 0.00000341. The second-order valence-corrected chi connectivity index (χ2v) is 8.44. The smallest absolute Gasteiger partial charge is 0.191 e. The molecule has 1 aromatic heterocycles. The monoisotopic (exact) mass is 539 g/mol. The third kappa shape index (κ3) is 7.40. The number of guanidine groups is 1. The first-order chi connectivity index (χ1) is 14.5. The number of rotatable bonds is 8. The molecule has 1 heterocycles. The molecular formula is C24H38IN5O. The van der Waals surface area contributed by atoms with Gasteiger partial charge in [0.2, 0.25) is 0 Å². The summed E-state index contributed by atoms with van der Waals surface area (Å²) in [7, 11) is 3.82. The maximum absolute atomic E-state index is 6.05. The number of aromatic nitrogens is 2. The highest BCUT2D eigenvalue weighted by Gasteiger charge is 2.16. The lowest BCUT2D eigenvalue weighted by Gasteiger charge is -2.18. The van der Waals surface area contributed by atoms with Gasteiger partial charge in [-0.25, -0.2) is 0 Å². The Morgan fingerprint density at radius 1 is 1.23 bits per heavy atom. The van der Waals surface area contributed by atoms with Crippen molar-refractivity contribution in [1.82, 2.24) is 20.4 Å². The van der Waals surface area contributed by atoms with E-state index < -0.39 is 0 Å². The summed E-state index contributed by atoms with van der Waals surface area (Å²) < 4.78 is 8.00. The van der Waals surface area contributed by atoms with E-state index in [9.17, 15) is 0 Å². The number of nitrogens with one attached hydrogen (secondary N) is 2. The standard InChI is InChI=1S/C24H37N5O.HI/c1-17(16-23-18(2)28-29(5)19(23)3)27-24(25-4)26-15-14-20-10-12-22(13-11-20)30-21-8-6-7-9-21;/h10-13,17,21H,6-9,14-16H2,1-5H3,(H2,25,26,27);1H. The molecule has 1 aromatic carbocycles. The first-order valence-electron chi connectivity index (χ1n) is 11.2. The van der Waals surface area contributed by atoms with Crippen molar-refractivity contribution in [1.29, 1.82) is 0 Å². The molecule has 1 saturated carbocycles. The third-order valence-corrected chi connectivity index (χ3v) is 6.01. The van der Waals surface area contributed by atoms with Crippen LogP contribution in [-0.2, 0) is 19.9 Å². The molecule has 1 fully saturated rings. The summed E-state index contributed by atoms with van der Waals surface area (Å²) in [4.78, 5) is 4.38. The fraction of sp³-hybridized carbons (Fsp3) is 0.583. The van der Waals surface area contributed by atoms with Crippen molar-refractivity contribution in [3.05, 3.63) is 46.8 Å². The second-order valence-electron chi connectivity index (χ2n) is 8.44. The van der Waals surface area contributed by atoms with Crippen LogP contribution in [0.1, 0.15) is 55.1 Å². The quantitative estimate of drug-likeness (QED) is 0.298. The summed E-state index contributed by atoms with van der Waals surface area (Å²) in [6.07, 6.45) is 7.25. The predicted octanol–water partition coefficient (Wildman–Crippen LogP) is 4.32. The summed E-state index contributed by atoms with van der Waals surface area (Å²) in [5.41, 5.74) is 4.94. The van der Waals surface area contributed by atoms with Gasteiger partial charge in [0.1, 0.15) is 5.75 Å². The topological polar surface area (TPSA) is 63.5 Å². The lowest BCUT2D eigenvalue weighted by molar-refractivity contribution is 0.210. The van der Waals surface area contributed by atoms with Crippen molar-refractivity contribution in [3.63, 3.8) is 0 Å². The van der Waals surface area contributed by atoms with Crippen molar-refractivity contribution >= 4 is 29.9 Å². The number of nitrogens with zero attached hydrogens (tertiary/aromatic N) is 3. The molecule has 0 bridgehead atoms. The lowest BCUT2D eigenvalue weighted by Crippen LogP contribution is -2.43. The minimum Gasteiger partial charge on any atom is -0.490 e.